The van der Waals surface area contributed by atoms with Crippen LogP contribution in [0.25, 0.3) is 0 Å². The highest BCUT2D eigenvalue weighted by atomic mass is 28.4. The van der Waals surface area contributed by atoms with E-state index in [2.05, 4.69) is 87.4 Å². The highest BCUT2D eigenvalue weighted by Gasteiger charge is 2.49. The van der Waals surface area contributed by atoms with Crippen LogP contribution in [-0.4, -0.2) is 25.6 Å². The van der Waals surface area contributed by atoms with Crippen LogP contribution in [0.4, 0.5) is 0 Å². The van der Waals surface area contributed by atoms with Crippen molar-refractivity contribution in [2.45, 2.75) is 58.1 Å². The average molecular weight is 395 g/mol. The van der Waals surface area contributed by atoms with Gasteiger partial charge in [-0.3, -0.25) is 0 Å². The van der Waals surface area contributed by atoms with Gasteiger partial charge < -0.3 is 9.53 Å². The van der Waals surface area contributed by atoms with Gasteiger partial charge in [0.15, 0.2) is 0 Å². The molecule has 1 atom stereocenters. The molecule has 0 saturated heterocycles. The molecule has 2 nitrogen and oxygen atoms in total. The molecule has 0 radical (unpaired) electrons. The summed E-state index contributed by atoms with van der Waals surface area (Å²) >= 11 is 0. The number of hydrogen-bond acceptors (Lipinski definition) is 2. The molecule has 0 aliphatic rings. The van der Waals surface area contributed by atoms with E-state index in [-0.39, 0.29) is 11.0 Å². The van der Waals surface area contributed by atoms with Gasteiger partial charge in [0.2, 0.25) is 0 Å². The lowest BCUT2D eigenvalue weighted by Gasteiger charge is -2.43. The van der Waals surface area contributed by atoms with Crippen molar-refractivity contribution in [1.82, 2.24) is 0 Å². The second kappa shape index (κ2) is 9.09. The van der Waals surface area contributed by atoms with Gasteiger partial charge in [-0.2, -0.15) is 0 Å². The quantitative estimate of drug-likeness (QED) is 0.409. The molecule has 0 fully saturated rings. The third-order valence-electron chi connectivity index (χ3n) is 5.43. The fourth-order valence-electron chi connectivity index (χ4n) is 3.91. The third kappa shape index (κ3) is 4.94. The normalized spacial score (nSPS) is 13.8. The minimum atomic E-state index is -2.49. The number of hydrogen-bond donors (Lipinski definition) is 1. The molecule has 0 saturated carbocycles. The number of terminal acetylenes is 1. The van der Waals surface area contributed by atoms with Crippen LogP contribution in [0.1, 0.15) is 47.5 Å². The molecule has 0 bridgehead atoms. The lowest BCUT2D eigenvalue weighted by molar-refractivity contribution is 0.0354. The molecule has 0 aliphatic heterocycles. The highest BCUT2D eigenvalue weighted by molar-refractivity contribution is 6.99. The van der Waals surface area contributed by atoms with Gasteiger partial charge in [0.1, 0.15) is 0 Å². The van der Waals surface area contributed by atoms with Crippen molar-refractivity contribution < 1.29 is 9.53 Å². The smallest absolute Gasteiger partial charge is 0.261 e. The fraction of sp³-hybridized carbons (Fsp3) is 0.440. The summed E-state index contributed by atoms with van der Waals surface area (Å²) in [7, 11) is -2.49. The Morgan fingerprint density at radius 3 is 1.75 bits per heavy atom. The van der Waals surface area contributed by atoms with Crippen LogP contribution in [-0.2, 0) is 4.43 Å². The molecule has 1 N–H and O–H groups in total. The van der Waals surface area contributed by atoms with E-state index in [0.717, 1.165) is 12.8 Å². The largest absolute Gasteiger partial charge is 0.407 e. The van der Waals surface area contributed by atoms with Crippen molar-refractivity contribution in [3.8, 4) is 12.3 Å². The first-order chi connectivity index (χ1) is 13.1. The molecule has 0 aliphatic carbocycles. The molecular formula is C25H34O2Si. The van der Waals surface area contributed by atoms with Crippen molar-refractivity contribution in [2.75, 3.05) is 6.61 Å². The summed E-state index contributed by atoms with van der Waals surface area (Å²) in [4.78, 5) is 0. The molecule has 3 heteroatoms. The number of rotatable bonds is 8. The summed E-state index contributed by atoms with van der Waals surface area (Å²) in [6.45, 7) is 11.0. The van der Waals surface area contributed by atoms with Crippen LogP contribution in [0, 0.1) is 18.3 Å². The maximum absolute atomic E-state index is 10.2. The van der Waals surface area contributed by atoms with Gasteiger partial charge in [-0.25, -0.2) is 0 Å². The molecule has 28 heavy (non-hydrogen) atoms. The van der Waals surface area contributed by atoms with Crippen LogP contribution in [0.15, 0.2) is 60.7 Å². The first-order valence-electron chi connectivity index (χ1n) is 10.1. The molecular weight excluding hydrogens is 360 g/mol. The monoisotopic (exact) mass is 394 g/mol. The van der Waals surface area contributed by atoms with E-state index in [1.807, 2.05) is 0 Å². The van der Waals surface area contributed by atoms with Crippen molar-refractivity contribution >= 4 is 18.7 Å². The van der Waals surface area contributed by atoms with E-state index >= 15 is 0 Å². The molecule has 2 aromatic rings. The van der Waals surface area contributed by atoms with Gasteiger partial charge in [-0.1, -0.05) is 81.4 Å². The molecule has 0 spiro atoms. The molecule has 0 heterocycles. The molecule has 2 aromatic carbocycles. The van der Waals surface area contributed by atoms with Crippen molar-refractivity contribution in [2.24, 2.45) is 5.92 Å². The van der Waals surface area contributed by atoms with Crippen molar-refractivity contribution in [1.29, 1.82) is 0 Å². The van der Waals surface area contributed by atoms with Crippen LogP contribution in [0.3, 0.4) is 0 Å². The Labute approximate surface area is 172 Å². The van der Waals surface area contributed by atoms with E-state index in [1.54, 1.807) is 13.8 Å². The topological polar surface area (TPSA) is 29.5 Å². The lowest BCUT2D eigenvalue weighted by atomic mass is 9.88. The van der Waals surface area contributed by atoms with E-state index in [9.17, 15) is 5.11 Å². The van der Waals surface area contributed by atoms with Crippen LogP contribution < -0.4 is 10.4 Å². The Kier molecular flexibility index (Phi) is 7.28. The summed E-state index contributed by atoms with van der Waals surface area (Å²) in [5, 5.41) is 12.8. The van der Waals surface area contributed by atoms with Gasteiger partial charge in [0.05, 0.1) is 5.60 Å². The maximum Gasteiger partial charge on any atom is 0.261 e. The summed E-state index contributed by atoms with van der Waals surface area (Å²) in [5.41, 5.74) is -0.869. The first-order valence-corrected chi connectivity index (χ1v) is 12.0. The number of aliphatic hydroxyl groups is 1. The SMILES string of the molecule is C#CC(CCCO[Si](c1ccccc1)(c1ccccc1)C(C)(C)C)C(C)(C)O. The Morgan fingerprint density at radius 1 is 0.929 bits per heavy atom. The Morgan fingerprint density at radius 2 is 1.39 bits per heavy atom. The first kappa shape index (κ1) is 22.4. The molecule has 2 rings (SSSR count). The Balaban J connectivity index is 2.34. The van der Waals surface area contributed by atoms with E-state index in [1.165, 1.54) is 10.4 Å². The van der Waals surface area contributed by atoms with Gasteiger partial charge >= 0.3 is 0 Å². The van der Waals surface area contributed by atoms with Crippen LogP contribution >= 0.6 is 0 Å². The minimum absolute atomic E-state index is 0.0303. The second-order valence-electron chi connectivity index (χ2n) is 9.03. The standard InChI is InChI=1S/C25H34O2Si/c1-7-21(25(5,6)26)15-14-20-27-28(24(2,3)4,22-16-10-8-11-17-22)23-18-12-9-13-19-23/h1,8-13,16-19,21,26H,14-15,20H2,2-6H3. The summed E-state index contributed by atoms with van der Waals surface area (Å²) in [6, 6.07) is 21.3. The Hall–Kier alpha value is -1.86. The average Bonchev–Trinajstić information content (AvgIpc) is 2.64. The van der Waals surface area contributed by atoms with Gasteiger partial charge in [-0.05, 0) is 42.1 Å². The highest BCUT2D eigenvalue weighted by Crippen LogP contribution is 2.37. The molecule has 1 unspecified atom stereocenters. The van der Waals surface area contributed by atoms with Gasteiger partial charge in [0.25, 0.3) is 8.32 Å². The zero-order valence-electron chi connectivity index (χ0n) is 17.9. The van der Waals surface area contributed by atoms with Crippen molar-refractivity contribution in [3.05, 3.63) is 60.7 Å². The number of benzene rings is 2. The van der Waals surface area contributed by atoms with E-state index in [4.69, 9.17) is 10.8 Å². The molecule has 0 amide bonds. The van der Waals surface area contributed by atoms with Gasteiger partial charge in [0, 0.05) is 12.5 Å². The predicted molar refractivity (Wildman–Crippen MR) is 121 cm³/mol. The zero-order valence-corrected chi connectivity index (χ0v) is 18.9. The third-order valence-corrected chi connectivity index (χ3v) is 10.5. The Bertz CT molecular complexity index is 725. The van der Waals surface area contributed by atoms with Crippen molar-refractivity contribution in [3.63, 3.8) is 0 Å². The second-order valence-corrected chi connectivity index (χ2v) is 13.3. The summed E-state index contributed by atoms with van der Waals surface area (Å²) in [5.74, 6) is 2.57. The lowest BCUT2D eigenvalue weighted by Crippen LogP contribution is -2.66. The predicted octanol–water partition coefficient (Wildman–Crippen LogP) is 4.36. The zero-order chi connectivity index (χ0) is 20.8. The van der Waals surface area contributed by atoms with E-state index in [0.29, 0.717) is 6.61 Å². The van der Waals surface area contributed by atoms with Gasteiger partial charge in [-0.15, -0.1) is 12.3 Å². The molecule has 150 valence electrons. The summed E-state index contributed by atoms with van der Waals surface area (Å²) < 4.78 is 6.86. The molecule has 0 aromatic heterocycles. The van der Waals surface area contributed by atoms with Crippen LogP contribution in [0.2, 0.25) is 5.04 Å². The summed E-state index contributed by atoms with van der Waals surface area (Å²) in [6.07, 6.45) is 7.21. The maximum atomic E-state index is 10.2. The fourth-order valence-corrected chi connectivity index (χ4v) is 8.52. The minimum Gasteiger partial charge on any atom is -0.407 e. The van der Waals surface area contributed by atoms with E-state index < -0.39 is 13.9 Å². The van der Waals surface area contributed by atoms with Crippen LogP contribution in [0.5, 0.6) is 0 Å².